The van der Waals surface area contributed by atoms with Crippen LogP contribution in [0.3, 0.4) is 0 Å². The predicted octanol–water partition coefficient (Wildman–Crippen LogP) is 6.88. The monoisotopic (exact) mass is 489 g/mol. The van der Waals surface area contributed by atoms with Crippen molar-refractivity contribution in [2.24, 2.45) is 0 Å². The van der Waals surface area contributed by atoms with E-state index < -0.39 is 0 Å². The number of rotatable bonds is 7. The second-order valence-electron chi connectivity index (χ2n) is 8.87. The van der Waals surface area contributed by atoms with E-state index in [2.05, 4.69) is 11.8 Å². The van der Waals surface area contributed by atoms with E-state index in [1.807, 2.05) is 67.6 Å². The van der Waals surface area contributed by atoms with E-state index in [0.717, 1.165) is 46.4 Å². The molecule has 0 fully saturated rings. The van der Waals surface area contributed by atoms with Crippen LogP contribution in [0.15, 0.2) is 69.9 Å². The highest BCUT2D eigenvalue weighted by Gasteiger charge is 2.26. The third kappa shape index (κ3) is 4.73. The van der Waals surface area contributed by atoms with Gasteiger partial charge in [-0.15, -0.1) is 0 Å². The van der Waals surface area contributed by atoms with Gasteiger partial charge in [0.25, 0.3) is 0 Å². The fraction of sp³-hybridized carbons (Fsp3) is 0.276. The van der Waals surface area contributed by atoms with Crippen molar-refractivity contribution in [1.82, 2.24) is 0 Å². The molecule has 6 heteroatoms. The second kappa shape index (κ2) is 10.0. The van der Waals surface area contributed by atoms with Crippen LogP contribution in [0.4, 0.5) is 5.69 Å². The molecule has 1 aliphatic rings. The van der Waals surface area contributed by atoms with Gasteiger partial charge in [-0.25, -0.2) is 4.79 Å². The van der Waals surface area contributed by atoms with Crippen LogP contribution in [0, 0.1) is 6.92 Å². The molecule has 5 nitrogen and oxygen atoms in total. The molecule has 1 aromatic heterocycles. The molecule has 5 rings (SSSR count). The van der Waals surface area contributed by atoms with E-state index >= 15 is 0 Å². The largest absolute Gasteiger partial charge is 0.494 e. The highest BCUT2D eigenvalue weighted by Crippen LogP contribution is 2.41. The van der Waals surface area contributed by atoms with Gasteiger partial charge in [-0.3, -0.25) is 0 Å². The Balaban J connectivity index is 1.48. The third-order valence-corrected chi connectivity index (χ3v) is 6.77. The lowest BCUT2D eigenvalue weighted by Gasteiger charge is -2.31. The number of anilines is 1. The van der Waals surface area contributed by atoms with Gasteiger partial charge in [0.05, 0.1) is 23.7 Å². The van der Waals surface area contributed by atoms with Gasteiger partial charge < -0.3 is 18.8 Å². The number of benzene rings is 3. The number of halogens is 1. The zero-order valence-corrected chi connectivity index (χ0v) is 20.7. The summed E-state index contributed by atoms with van der Waals surface area (Å²) in [6.07, 6.45) is 2.64. The van der Waals surface area contributed by atoms with Crippen LogP contribution in [-0.2, 0) is 13.0 Å². The number of hydrogen-bond acceptors (Lipinski definition) is 5. The molecule has 35 heavy (non-hydrogen) atoms. The van der Waals surface area contributed by atoms with Crippen molar-refractivity contribution in [3.05, 3.63) is 98.4 Å². The first-order valence-electron chi connectivity index (χ1n) is 12.0. The van der Waals surface area contributed by atoms with E-state index in [1.165, 1.54) is 0 Å². The fourth-order valence-electron chi connectivity index (χ4n) is 4.47. The molecular weight excluding hydrogens is 462 g/mol. The molecule has 0 unspecified atom stereocenters. The Kier molecular flexibility index (Phi) is 6.69. The van der Waals surface area contributed by atoms with Crippen LogP contribution in [0.5, 0.6) is 11.5 Å². The number of fused-ring (bicyclic) bond motifs is 3. The molecule has 0 saturated heterocycles. The number of aryl methyl sites for hydroxylation is 1. The van der Waals surface area contributed by atoms with E-state index in [9.17, 15) is 4.79 Å². The molecule has 1 aliphatic heterocycles. The minimum atomic E-state index is -0.325. The summed E-state index contributed by atoms with van der Waals surface area (Å²) < 4.78 is 17.7. The van der Waals surface area contributed by atoms with E-state index in [1.54, 1.807) is 0 Å². The molecule has 2 heterocycles. The lowest BCUT2D eigenvalue weighted by atomic mass is 9.97. The molecule has 0 atom stereocenters. The van der Waals surface area contributed by atoms with E-state index in [-0.39, 0.29) is 5.63 Å². The maximum absolute atomic E-state index is 13.1. The van der Waals surface area contributed by atoms with Crippen LogP contribution in [-0.4, -0.2) is 13.3 Å². The van der Waals surface area contributed by atoms with Crippen molar-refractivity contribution in [2.45, 2.75) is 39.7 Å². The fourth-order valence-corrected chi connectivity index (χ4v) is 4.75. The summed E-state index contributed by atoms with van der Waals surface area (Å²) in [6.45, 7) is 5.68. The molecule has 0 saturated carbocycles. The summed E-state index contributed by atoms with van der Waals surface area (Å²) >= 11 is 6.64. The van der Waals surface area contributed by atoms with Gasteiger partial charge in [-0.05, 0) is 54.8 Å². The number of nitrogens with zero attached hydrogens (tertiary/aromatic N) is 1. The summed E-state index contributed by atoms with van der Waals surface area (Å²) in [5.41, 5.74) is 4.58. The lowest BCUT2D eigenvalue weighted by molar-refractivity contribution is 0.289. The molecule has 3 aromatic carbocycles. The van der Waals surface area contributed by atoms with Gasteiger partial charge in [0.15, 0.2) is 6.73 Å². The maximum atomic E-state index is 13.1. The van der Waals surface area contributed by atoms with Gasteiger partial charge in [0.2, 0.25) is 0 Å². The molecule has 4 aromatic rings. The lowest BCUT2D eigenvalue weighted by Crippen LogP contribution is -2.32. The first-order valence-corrected chi connectivity index (χ1v) is 12.3. The van der Waals surface area contributed by atoms with Crippen molar-refractivity contribution >= 4 is 28.3 Å². The quantitative estimate of drug-likeness (QED) is 0.209. The van der Waals surface area contributed by atoms with Crippen LogP contribution >= 0.6 is 11.6 Å². The first kappa shape index (κ1) is 23.3. The summed E-state index contributed by atoms with van der Waals surface area (Å²) in [4.78, 5) is 15.1. The Labute approximate surface area is 209 Å². The van der Waals surface area contributed by atoms with Gasteiger partial charge in [-0.1, -0.05) is 55.3 Å². The molecule has 0 radical (unpaired) electrons. The van der Waals surface area contributed by atoms with Crippen LogP contribution < -0.4 is 20.0 Å². The van der Waals surface area contributed by atoms with Crippen LogP contribution in [0.2, 0.25) is 5.02 Å². The second-order valence-corrected chi connectivity index (χ2v) is 9.27. The van der Waals surface area contributed by atoms with Gasteiger partial charge in [0.1, 0.15) is 17.1 Å². The topological polar surface area (TPSA) is 51.9 Å². The van der Waals surface area contributed by atoms with Gasteiger partial charge in [-0.2, -0.15) is 0 Å². The molecule has 0 aliphatic carbocycles. The van der Waals surface area contributed by atoms with E-state index in [4.69, 9.17) is 25.5 Å². The smallest absolute Gasteiger partial charge is 0.340 e. The van der Waals surface area contributed by atoms with Gasteiger partial charge in [0, 0.05) is 23.1 Å². The minimum Gasteiger partial charge on any atom is -0.494 e. The number of unbranched alkanes of at least 4 members (excludes halogenated alkanes) is 1. The molecule has 0 amide bonds. The Morgan fingerprint density at radius 2 is 1.86 bits per heavy atom. The molecule has 0 spiro atoms. The molecule has 0 bridgehead atoms. The average Bonchev–Trinajstić information content (AvgIpc) is 2.88. The highest BCUT2D eigenvalue weighted by molar-refractivity contribution is 6.33. The molecule has 180 valence electrons. The van der Waals surface area contributed by atoms with Crippen LogP contribution in [0.1, 0.15) is 42.0 Å². The Hall–Kier alpha value is -3.44. The summed E-state index contributed by atoms with van der Waals surface area (Å²) in [5.74, 6) is 1.43. The Morgan fingerprint density at radius 3 is 2.60 bits per heavy atom. The highest BCUT2D eigenvalue weighted by atomic mass is 35.5. The van der Waals surface area contributed by atoms with Crippen molar-refractivity contribution in [2.75, 3.05) is 18.2 Å². The predicted molar refractivity (Wildman–Crippen MR) is 140 cm³/mol. The average molecular weight is 490 g/mol. The third-order valence-electron chi connectivity index (χ3n) is 6.48. The van der Waals surface area contributed by atoms with Crippen molar-refractivity contribution in [3.63, 3.8) is 0 Å². The van der Waals surface area contributed by atoms with Crippen molar-refractivity contribution in [1.29, 1.82) is 0 Å². The minimum absolute atomic E-state index is 0.325. The number of hydrogen-bond donors (Lipinski definition) is 0. The SMILES string of the molecule is CCCCOc1ccc(N2COc3c(Cl)cc4c(C)c(Cc5ccccc5)c(=O)oc4c3C2)cc1. The number of ether oxygens (including phenoxy) is 2. The standard InChI is InChI=1S/C29H28ClNO4/c1-3-4-14-33-22-12-10-21(11-13-22)31-17-25-27-23(16-26(30)28(25)34-18-31)19(2)24(29(32)35-27)15-20-8-6-5-7-9-20/h5-13,16H,3-4,14-15,17-18H2,1-2H3. The summed E-state index contributed by atoms with van der Waals surface area (Å²) in [7, 11) is 0. The maximum Gasteiger partial charge on any atom is 0.340 e. The van der Waals surface area contributed by atoms with Crippen molar-refractivity contribution < 1.29 is 13.9 Å². The Morgan fingerprint density at radius 1 is 1.09 bits per heavy atom. The molecular formula is C29H28ClNO4. The summed E-state index contributed by atoms with van der Waals surface area (Å²) in [5, 5.41) is 1.36. The first-order chi connectivity index (χ1) is 17.0. The zero-order chi connectivity index (χ0) is 24.4. The normalized spacial score (nSPS) is 12.9. The summed E-state index contributed by atoms with van der Waals surface area (Å²) in [6, 6.07) is 19.7. The van der Waals surface area contributed by atoms with Gasteiger partial charge >= 0.3 is 5.63 Å². The van der Waals surface area contributed by atoms with Crippen molar-refractivity contribution in [3.8, 4) is 11.5 Å². The van der Waals surface area contributed by atoms with E-state index in [0.29, 0.717) is 48.2 Å². The Bertz CT molecular complexity index is 1400. The van der Waals surface area contributed by atoms with Crippen LogP contribution in [0.25, 0.3) is 11.0 Å². The molecule has 0 N–H and O–H groups in total. The zero-order valence-electron chi connectivity index (χ0n) is 20.0.